The minimum atomic E-state index is 0.603. The smallest absolute Gasteiger partial charge is 0.129 e. The van der Waals surface area contributed by atoms with Crippen LogP contribution in [-0.2, 0) is 6.54 Å². The molecule has 2 atom stereocenters. The van der Waals surface area contributed by atoms with Gasteiger partial charge in [-0.3, -0.25) is 4.90 Å². The molecule has 2 aliphatic heterocycles. The van der Waals surface area contributed by atoms with Gasteiger partial charge in [-0.25, -0.2) is 4.98 Å². The van der Waals surface area contributed by atoms with Gasteiger partial charge in [-0.1, -0.05) is 17.7 Å². The summed E-state index contributed by atoms with van der Waals surface area (Å²) >= 11 is 8.00. The van der Waals surface area contributed by atoms with Crippen LogP contribution in [0.15, 0.2) is 18.2 Å². The van der Waals surface area contributed by atoms with Crippen molar-refractivity contribution in [3.05, 3.63) is 29.0 Å². The number of likely N-dealkylation sites (tertiary alicyclic amines) is 1. The zero-order valence-electron chi connectivity index (χ0n) is 8.40. The zero-order valence-corrected chi connectivity index (χ0v) is 9.97. The first-order valence-electron chi connectivity index (χ1n) is 5.28. The van der Waals surface area contributed by atoms with Gasteiger partial charge >= 0.3 is 0 Å². The van der Waals surface area contributed by atoms with Gasteiger partial charge in [0.15, 0.2) is 0 Å². The van der Waals surface area contributed by atoms with Gasteiger partial charge in [-0.15, -0.1) is 0 Å². The van der Waals surface area contributed by atoms with E-state index in [1.807, 2.05) is 12.1 Å². The number of nitrogens with zero attached hydrogens (tertiary/aromatic N) is 2. The summed E-state index contributed by atoms with van der Waals surface area (Å²) < 4.78 is 0. The van der Waals surface area contributed by atoms with E-state index >= 15 is 0 Å². The number of aromatic nitrogens is 1. The van der Waals surface area contributed by atoms with Crippen molar-refractivity contribution in [2.24, 2.45) is 0 Å². The molecule has 2 unspecified atom stereocenters. The summed E-state index contributed by atoms with van der Waals surface area (Å²) in [5.74, 6) is 1.30. The molecule has 1 aromatic heterocycles. The quantitative estimate of drug-likeness (QED) is 0.739. The van der Waals surface area contributed by atoms with Gasteiger partial charge in [0.05, 0.1) is 5.69 Å². The first kappa shape index (κ1) is 9.94. The minimum Gasteiger partial charge on any atom is -0.293 e. The molecular weight excluding hydrogens is 228 g/mol. The number of halogens is 1. The average Bonchev–Trinajstić information content (AvgIpc) is 2.79. The summed E-state index contributed by atoms with van der Waals surface area (Å²) in [6.07, 6.45) is 1.37. The molecule has 2 bridgehead atoms. The van der Waals surface area contributed by atoms with Gasteiger partial charge in [0.1, 0.15) is 5.15 Å². The Morgan fingerprint density at radius 1 is 1.53 bits per heavy atom. The zero-order chi connectivity index (χ0) is 10.3. The average molecular weight is 241 g/mol. The number of thioether (sulfide) groups is 1. The monoisotopic (exact) mass is 240 g/mol. The molecule has 0 N–H and O–H groups in total. The van der Waals surface area contributed by atoms with Crippen molar-refractivity contribution in [3.8, 4) is 0 Å². The first-order valence-corrected chi connectivity index (χ1v) is 6.71. The third-order valence-electron chi connectivity index (χ3n) is 3.15. The third-order valence-corrected chi connectivity index (χ3v) is 4.75. The van der Waals surface area contributed by atoms with E-state index in [0.29, 0.717) is 5.15 Å². The minimum absolute atomic E-state index is 0.603. The molecule has 80 valence electrons. The maximum absolute atomic E-state index is 5.88. The largest absolute Gasteiger partial charge is 0.293 e. The van der Waals surface area contributed by atoms with Crippen LogP contribution in [0.2, 0.25) is 5.15 Å². The predicted molar refractivity (Wildman–Crippen MR) is 64.3 cm³/mol. The normalized spacial score (nSPS) is 29.9. The number of hydrogen-bond donors (Lipinski definition) is 0. The topological polar surface area (TPSA) is 16.1 Å². The van der Waals surface area contributed by atoms with E-state index in [-0.39, 0.29) is 0 Å². The molecule has 0 amide bonds. The Hall–Kier alpha value is -0.250. The fourth-order valence-corrected chi connectivity index (χ4v) is 4.10. The second-order valence-corrected chi connectivity index (χ2v) is 5.95. The molecular formula is C11H13ClN2S. The molecule has 0 spiro atoms. The number of hydrogen-bond acceptors (Lipinski definition) is 3. The lowest BCUT2D eigenvalue weighted by molar-refractivity contribution is 0.258. The Kier molecular flexibility index (Phi) is 2.63. The standard InChI is InChI=1S/C11H13ClN2S/c12-11-3-1-2-8(13-11)5-14-6-10-4-9(14)7-15-10/h1-3,9-10H,4-7H2. The van der Waals surface area contributed by atoms with Crippen LogP contribution >= 0.6 is 23.4 Å². The summed E-state index contributed by atoms with van der Waals surface area (Å²) in [5, 5.41) is 1.47. The summed E-state index contributed by atoms with van der Waals surface area (Å²) in [5.41, 5.74) is 1.10. The van der Waals surface area contributed by atoms with Gasteiger partial charge in [0.2, 0.25) is 0 Å². The number of pyridine rings is 1. The molecule has 0 saturated carbocycles. The summed E-state index contributed by atoms with van der Waals surface area (Å²) in [6, 6.07) is 6.65. The van der Waals surface area contributed by atoms with Gasteiger partial charge in [0.25, 0.3) is 0 Å². The predicted octanol–water partition coefficient (Wildman–Crippen LogP) is 2.42. The van der Waals surface area contributed by atoms with E-state index in [0.717, 1.165) is 23.5 Å². The highest BCUT2D eigenvalue weighted by Gasteiger charge is 2.38. The maximum atomic E-state index is 5.88. The second kappa shape index (κ2) is 3.96. The van der Waals surface area contributed by atoms with Crippen LogP contribution in [0.4, 0.5) is 0 Å². The highest BCUT2D eigenvalue weighted by atomic mass is 35.5. The van der Waals surface area contributed by atoms with Crippen LogP contribution in [0, 0.1) is 0 Å². The highest BCUT2D eigenvalue weighted by molar-refractivity contribution is 8.00. The van der Waals surface area contributed by atoms with Crippen LogP contribution in [-0.4, -0.2) is 33.5 Å². The van der Waals surface area contributed by atoms with Gasteiger partial charge in [-0.05, 0) is 18.6 Å². The molecule has 2 fully saturated rings. The molecule has 2 nitrogen and oxygen atoms in total. The van der Waals surface area contributed by atoms with Crippen molar-refractivity contribution < 1.29 is 0 Å². The lowest BCUT2D eigenvalue weighted by Gasteiger charge is -2.25. The first-order chi connectivity index (χ1) is 7.31. The van der Waals surface area contributed by atoms with E-state index < -0.39 is 0 Å². The van der Waals surface area contributed by atoms with Gasteiger partial charge < -0.3 is 0 Å². The van der Waals surface area contributed by atoms with E-state index in [9.17, 15) is 0 Å². The maximum Gasteiger partial charge on any atom is 0.129 e. The molecule has 0 radical (unpaired) electrons. The van der Waals surface area contributed by atoms with Crippen molar-refractivity contribution >= 4 is 23.4 Å². The Morgan fingerprint density at radius 2 is 2.47 bits per heavy atom. The Balaban J connectivity index is 1.71. The van der Waals surface area contributed by atoms with Crippen molar-refractivity contribution in [2.45, 2.75) is 24.3 Å². The van der Waals surface area contributed by atoms with E-state index in [1.54, 1.807) is 0 Å². The van der Waals surface area contributed by atoms with Gasteiger partial charge in [0, 0.05) is 30.1 Å². The van der Waals surface area contributed by atoms with Crippen LogP contribution in [0.1, 0.15) is 12.1 Å². The van der Waals surface area contributed by atoms with Crippen molar-refractivity contribution in [2.75, 3.05) is 12.3 Å². The number of rotatable bonds is 2. The molecule has 3 heterocycles. The Bertz CT molecular complexity index is 371. The molecule has 2 saturated heterocycles. The van der Waals surface area contributed by atoms with Crippen LogP contribution < -0.4 is 0 Å². The van der Waals surface area contributed by atoms with Crippen LogP contribution in [0.3, 0.4) is 0 Å². The fraction of sp³-hybridized carbons (Fsp3) is 0.545. The molecule has 15 heavy (non-hydrogen) atoms. The molecule has 4 heteroatoms. The third kappa shape index (κ3) is 2.01. The van der Waals surface area contributed by atoms with Crippen molar-refractivity contribution in [1.82, 2.24) is 9.88 Å². The Labute approximate surface area is 99.0 Å². The summed E-state index contributed by atoms with van der Waals surface area (Å²) in [6.45, 7) is 2.19. The summed E-state index contributed by atoms with van der Waals surface area (Å²) in [7, 11) is 0. The Morgan fingerprint density at radius 3 is 3.13 bits per heavy atom. The highest BCUT2D eigenvalue weighted by Crippen LogP contribution is 2.37. The SMILES string of the molecule is Clc1cccc(CN2CC3CC2CS3)n1. The lowest BCUT2D eigenvalue weighted by atomic mass is 10.2. The van der Waals surface area contributed by atoms with E-state index in [1.165, 1.54) is 18.7 Å². The molecule has 1 aromatic rings. The van der Waals surface area contributed by atoms with E-state index in [4.69, 9.17) is 11.6 Å². The molecule has 2 aliphatic rings. The lowest BCUT2D eigenvalue weighted by Crippen LogP contribution is -2.33. The van der Waals surface area contributed by atoms with Crippen LogP contribution in [0.5, 0.6) is 0 Å². The van der Waals surface area contributed by atoms with Crippen LogP contribution in [0.25, 0.3) is 0 Å². The van der Waals surface area contributed by atoms with Gasteiger partial charge in [-0.2, -0.15) is 11.8 Å². The van der Waals surface area contributed by atoms with Crippen molar-refractivity contribution in [1.29, 1.82) is 0 Å². The second-order valence-electron chi connectivity index (χ2n) is 4.23. The molecule has 0 aromatic carbocycles. The molecule has 3 rings (SSSR count). The van der Waals surface area contributed by atoms with Crippen molar-refractivity contribution in [3.63, 3.8) is 0 Å². The number of fused-ring (bicyclic) bond motifs is 2. The van der Waals surface area contributed by atoms with E-state index in [2.05, 4.69) is 27.7 Å². The summed E-state index contributed by atoms with van der Waals surface area (Å²) in [4.78, 5) is 6.88. The fourth-order valence-electron chi connectivity index (χ4n) is 2.42. The molecule has 0 aliphatic carbocycles.